The third-order valence-corrected chi connectivity index (χ3v) is 5.15. The van der Waals surface area contributed by atoms with E-state index in [-0.39, 0.29) is 4.90 Å². The maximum absolute atomic E-state index is 12.4. The Morgan fingerprint density at radius 2 is 1.84 bits per heavy atom. The van der Waals surface area contributed by atoms with Crippen molar-refractivity contribution >= 4 is 15.8 Å². The molecule has 0 fully saturated rings. The summed E-state index contributed by atoms with van der Waals surface area (Å²) in [6.07, 6.45) is 3.64. The highest BCUT2D eigenvalue weighted by Crippen LogP contribution is 2.23. The molecule has 0 radical (unpaired) electrons. The van der Waals surface area contributed by atoms with E-state index >= 15 is 0 Å². The summed E-state index contributed by atoms with van der Waals surface area (Å²) in [4.78, 5) is 4.06. The summed E-state index contributed by atoms with van der Waals surface area (Å²) in [6, 6.07) is 2.86. The first kappa shape index (κ1) is 15.9. The van der Waals surface area contributed by atoms with E-state index in [0.717, 1.165) is 19.3 Å². The number of rotatable bonds is 7. The molecule has 7 heteroatoms. The Kier molecular flexibility index (Phi) is 5.28. The first-order valence-corrected chi connectivity index (χ1v) is 7.88. The zero-order valence-electron chi connectivity index (χ0n) is 11.6. The molecule has 0 aliphatic rings. The Bertz CT molecular complexity index is 504. The molecule has 4 N–H and O–H groups in total. The molecule has 0 saturated heterocycles. The number of sulfonamides is 1. The molecule has 0 amide bonds. The molecule has 19 heavy (non-hydrogen) atoms. The van der Waals surface area contributed by atoms with Crippen molar-refractivity contribution in [1.82, 2.24) is 9.71 Å². The van der Waals surface area contributed by atoms with Crippen LogP contribution in [-0.2, 0) is 10.0 Å². The summed E-state index contributed by atoms with van der Waals surface area (Å²) in [5, 5.41) is 0. The summed E-state index contributed by atoms with van der Waals surface area (Å²) >= 11 is 0. The fourth-order valence-corrected chi connectivity index (χ4v) is 3.60. The van der Waals surface area contributed by atoms with Gasteiger partial charge in [-0.05, 0) is 25.3 Å². The van der Waals surface area contributed by atoms with E-state index in [0.29, 0.717) is 5.82 Å². The van der Waals surface area contributed by atoms with Crippen molar-refractivity contribution in [2.75, 3.05) is 5.43 Å². The summed E-state index contributed by atoms with van der Waals surface area (Å²) in [7, 11) is -3.57. The summed E-state index contributed by atoms with van der Waals surface area (Å²) in [5.74, 6) is 5.56. The Morgan fingerprint density at radius 1 is 1.26 bits per heavy atom. The van der Waals surface area contributed by atoms with Crippen LogP contribution in [0, 0.1) is 0 Å². The largest absolute Gasteiger partial charge is 0.308 e. The molecule has 1 rings (SSSR count). The zero-order valence-corrected chi connectivity index (χ0v) is 12.4. The first-order chi connectivity index (χ1) is 8.93. The van der Waals surface area contributed by atoms with Gasteiger partial charge in [0.05, 0.1) is 4.90 Å². The monoisotopic (exact) mass is 286 g/mol. The van der Waals surface area contributed by atoms with E-state index in [1.807, 2.05) is 20.8 Å². The van der Waals surface area contributed by atoms with Gasteiger partial charge in [-0.2, -0.15) is 0 Å². The predicted molar refractivity (Wildman–Crippen MR) is 76.0 cm³/mol. The van der Waals surface area contributed by atoms with Crippen molar-refractivity contribution < 1.29 is 8.42 Å². The molecule has 0 spiro atoms. The highest BCUT2D eigenvalue weighted by Gasteiger charge is 2.30. The third-order valence-electron chi connectivity index (χ3n) is 3.57. The standard InChI is InChI=1S/C12H22N4O2S/c1-4-12(5-2,6-3)16-19(17,18)10-7-8-14-11(9-10)15-13/h7-9,16H,4-6,13H2,1-3H3,(H,14,15). The summed E-state index contributed by atoms with van der Waals surface area (Å²) in [6.45, 7) is 5.94. The number of nitrogens with one attached hydrogen (secondary N) is 2. The Balaban J connectivity index is 3.10. The second kappa shape index (κ2) is 6.31. The fourth-order valence-electron chi connectivity index (χ4n) is 1.97. The Hall–Kier alpha value is -1.18. The first-order valence-electron chi connectivity index (χ1n) is 6.39. The Morgan fingerprint density at radius 3 is 2.32 bits per heavy atom. The number of pyridine rings is 1. The molecule has 108 valence electrons. The smallest absolute Gasteiger partial charge is 0.241 e. The molecular weight excluding hydrogens is 264 g/mol. The lowest BCUT2D eigenvalue weighted by atomic mass is 9.91. The second-order valence-corrected chi connectivity index (χ2v) is 6.15. The van der Waals surface area contributed by atoms with Gasteiger partial charge < -0.3 is 5.43 Å². The van der Waals surface area contributed by atoms with Crippen LogP contribution in [0.4, 0.5) is 5.82 Å². The SMILES string of the molecule is CCC(CC)(CC)NS(=O)(=O)c1ccnc(NN)c1. The predicted octanol–water partition coefficient (Wildman–Crippen LogP) is 1.61. The number of anilines is 1. The van der Waals surface area contributed by atoms with Crippen molar-refractivity contribution in [1.29, 1.82) is 0 Å². The normalized spacial score (nSPS) is 12.4. The van der Waals surface area contributed by atoms with Crippen LogP contribution in [0.1, 0.15) is 40.0 Å². The van der Waals surface area contributed by atoms with E-state index in [1.165, 1.54) is 18.3 Å². The van der Waals surface area contributed by atoms with E-state index in [4.69, 9.17) is 5.84 Å². The van der Waals surface area contributed by atoms with Gasteiger partial charge in [-0.3, -0.25) is 0 Å². The average Bonchev–Trinajstić information content (AvgIpc) is 2.45. The molecule has 1 aromatic rings. The molecule has 0 bridgehead atoms. The number of hydrogen-bond acceptors (Lipinski definition) is 5. The highest BCUT2D eigenvalue weighted by molar-refractivity contribution is 7.89. The molecular formula is C12H22N4O2S. The lowest BCUT2D eigenvalue weighted by Gasteiger charge is -2.31. The molecule has 6 nitrogen and oxygen atoms in total. The molecule has 0 atom stereocenters. The third kappa shape index (κ3) is 3.65. The number of hydrogen-bond donors (Lipinski definition) is 3. The van der Waals surface area contributed by atoms with Crippen molar-refractivity contribution in [2.24, 2.45) is 5.84 Å². The van der Waals surface area contributed by atoms with Crippen LogP contribution in [0.15, 0.2) is 23.2 Å². The lowest BCUT2D eigenvalue weighted by molar-refractivity contribution is 0.341. The van der Waals surface area contributed by atoms with Crippen molar-refractivity contribution in [3.63, 3.8) is 0 Å². The quantitative estimate of drug-likeness (QED) is 0.522. The minimum absolute atomic E-state index is 0.162. The van der Waals surface area contributed by atoms with E-state index < -0.39 is 15.6 Å². The van der Waals surface area contributed by atoms with Gasteiger partial charge in [-0.15, -0.1) is 0 Å². The van der Waals surface area contributed by atoms with E-state index in [1.54, 1.807) is 0 Å². The van der Waals surface area contributed by atoms with Crippen molar-refractivity contribution in [3.05, 3.63) is 18.3 Å². The van der Waals surface area contributed by atoms with Gasteiger partial charge in [0.2, 0.25) is 10.0 Å². The minimum atomic E-state index is -3.57. The van der Waals surface area contributed by atoms with Crippen LogP contribution < -0.4 is 16.0 Å². The summed E-state index contributed by atoms with van der Waals surface area (Å²) < 4.78 is 27.6. The van der Waals surface area contributed by atoms with Gasteiger partial charge in [-0.1, -0.05) is 20.8 Å². The van der Waals surface area contributed by atoms with Gasteiger partial charge in [0.25, 0.3) is 0 Å². The average molecular weight is 286 g/mol. The molecule has 0 aliphatic heterocycles. The molecule has 1 heterocycles. The van der Waals surface area contributed by atoms with Crippen LogP contribution in [0.3, 0.4) is 0 Å². The summed E-state index contributed by atoms with van der Waals surface area (Å²) in [5.41, 5.74) is 1.94. The maximum atomic E-state index is 12.4. The van der Waals surface area contributed by atoms with E-state index in [9.17, 15) is 8.42 Å². The van der Waals surface area contributed by atoms with Crippen LogP contribution in [-0.4, -0.2) is 18.9 Å². The molecule has 0 unspecified atom stereocenters. The van der Waals surface area contributed by atoms with Gasteiger partial charge >= 0.3 is 0 Å². The molecule has 0 aromatic carbocycles. The van der Waals surface area contributed by atoms with Crippen molar-refractivity contribution in [2.45, 2.75) is 50.5 Å². The molecule has 0 saturated carbocycles. The number of nitrogens with two attached hydrogens (primary N) is 1. The minimum Gasteiger partial charge on any atom is -0.308 e. The van der Waals surface area contributed by atoms with Crippen LogP contribution in [0.2, 0.25) is 0 Å². The maximum Gasteiger partial charge on any atom is 0.241 e. The zero-order chi connectivity index (χ0) is 14.5. The van der Waals surface area contributed by atoms with Crippen LogP contribution >= 0.6 is 0 Å². The highest BCUT2D eigenvalue weighted by atomic mass is 32.2. The van der Waals surface area contributed by atoms with Crippen LogP contribution in [0.25, 0.3) is 0 Å². The Labute approximate surface area is 114 Å². The molecule has 0 aliphatic carbocycles. The van der Waals surface area contributed by atoms with Crippen molar-refractivity contribution in [3.8, 4) is 0 Å². The number of hydrazine groups is 1. The number of nitrogen functional groups attached to an aromatic ring is 1. The number of nitrogens with zero attached hydrogens (tertiary/aromatic N) is 1. The van der Waals surface area contributed by atoms with Crippen LogP contribution in [0.5, 0.6) is 0 Å². The molecule has 1 aromatic heterocycles. The second-order valence-electron chi connectivity index (χ2n) is 4.47. The van der Waals surface area contributed by atoms with Gasteiger partial charge in [0.1, 0.15) is 5.82 Å². The van der Waals surface area contributed by atoms with Gasteiger partial charge in [0.15, 0.2) is 0 Å². The lowest BCUT2D eigenvalue weighted by Crippen LogP contribution is -2.46. The van der Waals surface area contributed by atoms with Gasteiger partial charge in [-0.25, -0.2) is 24.0 Å². The fraction of sp³-hybridized carbons (Fsp3) is 0.583. The number of aromatic nitrogens is 1. The van der Waals surface area contributed by atoms with E-state index in [2.05, 4.69) is 15.1 Å². The topological polar surface area (TPSA) is 97.1 Å². The van der Waals surface area contributed by atoms with Gasteiger partial charge in [0, 0.05) is 17.8 Å².